The van der Waals surface area contributed by atoms with Crippen molar-refractivity contribution >= 4 is 17.7 Å². The van der Waals surface area contributed by atoms with Crippen LogP contribution in [0.4, 0.5) is 8.78 Å². The lowest BCUT2D eigenvalue weighted by molar-refractivity contribution is -0.146. The molecule has 3 amide bonds. The number of benzene rings is 3. The number of nitrogens with zero attached hydrogens (tertiary/aromatic N) is 2. The predicted octanol–water partition coefficient (Wildman–Crippen LogP) is 5.15. The molecule has 0 heterocycles. The first kappa shape index (κ1) is 39.0. The number of nitrogens with one attached hydrogen (secondary N) is 2. The van der Waals surface area contributed by atoms with Crippen LogP contribution in [0, 0.1) is 17.0 Å². The summed E-state index contributed by atoms with van der Waals surface area (Å²) in [6.45, 7) is 7.49. The van der Waals surface area contributed by atoms with Gasteiger partial charge in [-0.25, -0.2) is 8.78 Å². The van der Waals surface area contributed by atoms with Gasteiger partial charge >= 0.3 is 0 Å². The van der Waals surface area contributed by atoms with Gasteiger partial charge in [0.1, 0.15) is 12.1 Å². The van der Waals surface area contributed by atoms with E-state index in [4.69, 9.17) is 0 Å². The molecule has 3 aromatic rings. The van der Waals surface area contributed by atoms with Crippen LogP contribution in [0.1, 0.15) is 45.2 Å². The van der Waals surface area contributed by atoms with Gasteiger partial charge in [0.05, 0.1) is 0 Å². The van der Waals surface area contributed by atoms with Gasteiger partial charge in [0.25, 0.3) is 0 Å². The third-order valence-corrected chi connectivity index (χ3v) is 8.86. The normalized spacial score (nSPS) is 13.2. The molecule has 0 spiro atoms. The van der Waals surface area contributed by atoms with Gasteiger partial charge < -0.3 is 25.5 Å². The molecule has 0 bridgehead atoms. The van der Waals surface area contributed by atoms with E-state index in [9.17, 15) is 28.3 Å². The molecule has 10 heteroatoms. The zero-order valence-corrected chi connectivity index (χ0v) is 29.6. The third kappa shape index (κ3) is 11.3. The second-order valence-electron chi connectivity index (χ2n) is 13.9. The molecule has 2 atom stereocenters. The van der Waals surface area contributed by atoms with Gasteiger partial charge in [-0.2, -0.15) is 0 Å². The van der Waals surface area contributed by atoms with Crippen LogP contribution in [0.2, 0.25) is 0 Å². The Morgan fingerprint density at radius 2 is 1.41 bits per heavy atom. The van der Waals surface area contributed by atoms with E-state index in [0.29, 0.717) is 12.0 Å². The Bertz CT molecular complexity index is 1590. The molecule has 0 fully saturated rings. The van der Waals surface area contributed by atoms with Crippen molar-refractivity contribution in [2.45, 2.75) is 64.6 Å². The fourth-order valence-corrected chi connectivity index (χ4v) is 5.09. The van der Waals surface area contributed by atoms with Gasteiger partial charge in [0.2, 0.25) is 17.7 Å². The topological polar surface area (TPSA) is 102 Å². The molecule has 3 N–H and O–H groups in total. The molecule has 0 unspecified atom stereocenters. The number of halogens is 2. The highest BCUT2D eigenvalue weighted by molar-refractivity contribution is 5.95. The molecular weight excluding hydrogens is 626 g/mol. The van der Waals surface area contributed by atoms with Crippen molar-refractivity contribution in [3.05, 3.63) is 108 Å². The summed E-state index contributed by atoms with van der Waals surface area (Å²) in [5.41, 5.74) is 2.28. The van der Waals surface area contributed by atoms with Crippen molar-refractivity contribution in [1.29, 1.82) is 0 Å². The van der Waals surface area contributed by atoms with Crippen molar-refractivity contribution in [3.63, 3.8) is 0 Å². The summed E-state index contributed by atoms with van der Waals surface area (Å²) in [6.07, 6.45) is 3.83. The highest BCUT2D eigenvalue weighted by atomic mass is 19.2. The molecule has 0 saturated carbocycles. The van der Waals surface area contributed by atoms with Crippen LogP contribution >= 0.6 is 0 Å². The summed E-state index contributed by atoms with van der Waals surface area (Å²) < 4.78 is 28.0. The number of likely N-dealkylation sites (N-methyl/N-ethyl adjacent to an activating group) is 2. The summed E-state index contributed by atoms with van der Waals surface area (Å²) in [4.78, 5) is 44.2. The number of carbonyl (C=O) groups is 3. The number of rotatable bonds is 16. The third-order valence-electron chi connectivity index (χ3n) is 8.86. The van der Waals surface area contributed by atoms with Crippen molar-refractivity contribution in [2.24, 2.45) is 5.41 Å². The largest absolute Gasteiger partial charge is 0.396 e. The van der Waals surface area contributed by atoms with Gasteiger partial charge in [0, 0.05) is 51.0 Å². The van der Waals surface area contributed by atoms with Gasteiger partial charge in [-0.1, -0.05) is 80.6 Å². The average molecular weight is 677 g/mol. The number of hydrogen-bond donors (Lipinski definition) is 3. The summed E-state index contributed by atoms with van der Waals surface area (Å²) in [5, 5.41) is 15.7. The maximum Gasteiger partial charge on any atom is 0.246 e. The standard InChI is InChI=1S/C39H50F2N4O4/c1-38(2,26-46)25-43-36(48)33(24-28-17-20-31(40)32(41)22-28)45(7)37(49)34(44(6)35(47)14-11-21-39(3,4)42-5)23-27-15-18-30(19-16-27)29-12-9-8-10-13-29/h8-20,22,33-34,42,46H,21,23-26H2,1-7H3,(H,43,48)/b14-11+/t33-,34-/m1/s1. The van der Waals surface area contributed by atoms with Crippen LogP contribution < -0.4 is 10.6 Å². The maximum absolute atomic E-state index is 14.4. The Labute approximate surface area is 289 Å². The van der Waals surface area contributed by atoms with E-state index in [0.717, 1.165) is 28.8 Å². The lowest BCUT2D eigenvalue weighted by atomic mass is 9.94. The molecular formula is C39H50F2N4O4. The zero-order chi connectivity index (χ0) is 36.4. The van der Waals surface area contributed by atoms with Crippen LogP contribution in [-0.4, -0.2) is 84.5 Å². The number of hydrogen-bond acceptors (Lipinski definition) is 5. The molecule has 8 nitrogen and oxygen atoms in total. The second-order valence-corrected chi connectivity index (χ2v) is 13.9. The number of aliphatic hydroxyl groups excluding tert-OH is 1. The van der Waals surface area contributed by atoms with Crippen LogP contribution in [0.15, 0.2) is 84.9 Å². The van der Waals surface area contributed by atoms with Crippen molar-refractivity contribution in [2.75, 3.05) is 34.3 Å². The molecule has 0 aliphatic rings. The molecule has 3 aromatic carbocycles. The van der Waals surface area contributed by atoms with Crippen molar-refractivity contribution in [3.8, 4) is 11.1 Å². The molecule has 49 heavy (non-hydrogen) atoms. The van der Waals surface area contributed by atoms with Gasteiger partial charge in [-0.3, -0.25) is 14.4 Å². The zero-order valence-electron chi connectivity index (χ0n) is 29.6. The second kappa shape index (κ2) is 17.3. The molecule has 0 aromatic heterocycles. The van der Waals surface area contributed by atoms with E-state index in [1.54, 1.807) is 27.0 Å². The molecule has 0 saturated heterocycles. The Hall–Kier alpha value is -4.41. The molecule has 264 valence electrons. The van der Waals surface area contributed by atoms with Gasteiger partial charge in [-0.05, 0) is 67.8 Å². The smallest absolute Gasteiger partial charge is 0.246 e. The molecule has 0 aliphatic carbocycles. The highest BCUT2D eigenvalue weighted by Crippen LogP contribution is 2.22. The van der Waals surface area contributed by atoms with Crippen molar-refractivity contribution in [1.82, 2.24) is 20.4 Å². The Morgan fingerprint density at radius 3 is 2.00 bits per heavy atom. The lowest BCUT2D eigenvalue weighted by Crippen LogP contribution is -2.56. The van der Waals surface area contributed by atoms with Crippen LogP contribution in [-0.2, 0) is 27.2 Å². The SMILES string of the molecule is CNC(C)(C)C/C=C/C(=O)N(C)[C@H](Cc1ccc(-c2ccccc2)cc1)C(=O)N(C)[C@H](Cc1ccc(F)c(F)c1)C(=O)NCC(C)(C)CO. The fourth-order valence-electron chi connectivity index (χ4n) is 5.09. The van der Waals surface area contributed by atoms with E-state index in [-0.39, 0.29) is 37.4 Å². The predicted molar refractivity (Wildman–Crippen MR) is 190 cm³/mol. The van der Waals surface area contributed by atoms with E-state index in [1.165, 1.54) is 29.0 Å². The summed E-state index contributed by atoms with van der Waals surface area (Å²) >= 11 is 0. The van der Waals surface area contributed by atoms with Crippen LogP contribution in [0.5, 0.6) is 0 Å². The van der Waals surface area contributed by atoms with E-state index in [2.05, 4.69) is 10.6 Å². The van der Waals surface area contributed by atoms with Gasteiger partial charge in [-0.15, -0.1) is 0 Å². The fraction of sp³-hybridized carbons (Fsp3) is 0.410. The summed E-state index contributed by atoms with van der Waals surface area (Å²) in [5.74, 6) is -3.51. The summed E-state index contributed by atoms with van der Waals surface area (Å²) in [7, 11) is 4.87. The Balaban J connectivity index is 1.97. The minimum atomic E-state index is -1.13. The van der Waals surface area contributed by atoms with Gasteiger partial charge in [0.15, 0.2) is 11.6 Å². The molecule has 0 radical (unpaired) electrons. The first-order valence-corrected chi connectivity index (χ1v) is 16.4. The Morgan fingerprint density at radius 1 is 0.816 bits per heavy atom. The average Bonchev–Trinajstić information content (AvgIpc) is 3.09. The van der Waals surface area contributed by atoms with Crippen LogP contribution in [0.25, 0.3) is 11.1 Å². The van der Waals surface area contributed by atoms with E-state index >= 15 is 0 Å². The quantitative estimate of drug-likeness (QED) is 0.182. The highest BCUT2D eigenvalue weighted by Gasteiger charge is 2.35. The number of amides is 3. The van der Waals surface area contributed by atoms with E-state index < -0.39 is 40.9 Å². The summed E-state index contributed by atoms with van der Waals surface area (Å²) in [6, 6.07) is 18.8. The lowest BCUT2D eigenvalue weighted by Gasteiger charge is -2.35. The first-order valence-electron chi connectivity index (χ1n) is 16.4. The molecule has 0 aliphatic heterocycles. The molecule has 3 rings (SSSR count). The number of carbonyl (C=O) groups excluding carboxylic acids is 3. The van der Waals surface area contributed by atoms with Crippen LogP contribution in [0.3, 0.4) is 0 Å². The maximum atomic E-state index is 14.4. The first-order chi connectivity index (χ1) is 23.1. The van der Waals surface area contributed by atoms with E-state index in [1.807, 2.05) is 75.5 Å². The monoisotopic (exact) mass is 676 g/mol. The number of aliphatic hydroxyl groups is 1. The Kier molecular flexibility index (Phi) is 13.8. The minimum absolute atomic E-state index is 0.111. The van der Waals surface area contributed by atoms with Crippen molar-refractivity contribution < 1.29 is 28.3 Å². The minimum Gasteiger partial charge on any atom is -0.396 e.